The summed E-state index contributed by atoms with van der Waals surface area (Å²) in [6.45, 7) is 0. The minimum absolute atomic E-state index is 0.668. The van der Waals surface area contributed by atoms with Crippen LogP contribution >= 0.6 is 0 Å². The van der Waals surface area contributed by atoms with Gasteiger partial charge < -0.3 is 4.90 Å². The van der Waals surface area contributed by atoms with Gasteiger partial charge in [0.1, 0.15) is 18.2 Å². The maximum absolute atomic E-state index is 9.29. The lowest BCUT2D eigenvalue weighted by Crippen LogP contribution is -2.16. The Kier molecular flexibility index (Phi) is 3.83. The second kappa shape index (κ2) is 5.92. The summed E-state index contributed by atoms with van der Waals surface area (Å²) in [4.78, 5) is 11.0. The number of para-hydroxylation sites is 1. The maximum atomic E-state index is 9.29. The van der Waals surface area contributed by atoms with Gasteiger partial charge in [-0.25, -0.2) is 9.97 Å². The molecule has 4 nitrogen and oxygen atoms in total. The molecule has 1 aromatic carbocycles. The third-order valence-electron chi connectivity index (χ3n) is 4.06. The molecule has 1 aliphatic carbocycles. The summed E-state index contributed by atoms with van der Waals surface area (Å²) in [5.41, 5.74) is 3.97. The Bertz CT molecular complexity index is 687. The number of anilines is 2. The minimum atomic E-state index is 0.668. The van der Waals surface area contributed by atoms with Gasteiger partial charge in [-0.15, -0.1) is 0 Å². The standard InChI is InChI=1S/C17H18N4/c1-21(16-10-6-5-7-13(16)11-18)17-14-8-3-2-4-9-15(14)19-12-20-17/h5-7,10,12H,2-4,8-9H2,1H3. The highest BCUT2D eigenvalue weighted by Crippen LogP contribution is 2.31. The number of aromatic nitrogens is 2. The van der Waals surface area contributed by atoms with Crippen LogP contribution < -0.4 is 4.90 Å². The monoisotopic (exact) mass is 278 g/mol. The van der Waals surface area contributed by atoms with E-state index in [2.05, 4.69) is 16.0 Å². The first kappa shape index (κ1) is 13.6. The molecule has 1 heterocycles. The van der Waals surface area contributed by atoms with E-state index in [9.17, 15) is 5.26 Å². The van der Waals surface area contributed by atoms with Crippen LogP contribution in [0.15, 0.2) is 30.6 Å². The van der Waals surface area contributed by atoms with E-state index in [1.807, 2.05) is 36.2 Å². The van der Waals surface area contributed by atoms with Gasteiger partial charge in [0.05, 0.1) is 11.3 Å². The molecule has 0 aliphatic heterocycles. The lowest BCUT2D eigenvalue weighted by Gasteiger charge is -2.22. The Morgan fingerprint density at radius 1 is 1.10 bits per heavy atom. The average Bonchev–Trinajstić information content (AvgIpc) is 2.79. The Balaban J connectivity index is 2.06. The number of nitriles is 1. The number of hydrogen-bond acceptors (Lipinski definition) is 4. The fraction of sp³-hybridized carbons (Fsp3) is 0.353. The molecule has 4 heteroatoms. The van der Waals surface area contributed by atoms with Gasteiger partial charge in [-0.3, -0.25) is 0 Å². The van der Waals surface area contributed by atoms with Crippen LogP contribution in [0.25, 0.3) is 0 Å². The van der Waals surface area contributed by atoms with E-state index in [1.165, 1.54) is 30.5 Å². The molecule has 21 heavy (non-hydrogen) atoms. The first-order chi connectivity index (χ1) is 10.3. The van der Waals surface area contributed by atoms with E-state index in [0.29, 0.717) is 5.56 Å². The number of benzene rings is 1. The Labute approximate surface area is 125 Å². The van der Waals surface area contributed by atoms with Crippen LogP contribution in [-0.4, -0.2) is 17.0 Å². The number of aryl methyl sites for hydroxylation is 1. The molecular formula is C17H18N4. The zero-order valence-electron chi connectivity index (χ0n) is 12.2. The molecule has 0 fully saturated rings. The summed E-state index contributed by atoms with van der Waals surface area (Å²) >= 11 is 0. The molecule has 0 saturated carbocycles. The largest absolute Gasteiger partial charge is 0.328 e. The number of rotatable bonds is 2. The van der Waals surface area contributed by atoms with E-state index in [-0.39, 0.29) is 0 Å². The van der Waals surface area contributed by atoms with Crippen LogP contribution in [0.3, 0.4) is 0 Å². The molecule has 0 N–H and O–H groups in total. The molecule has 0 spiro atoms. The van der Waals surface area contributed by atoms with E-state index < -0.39 is 0 Å². The van der Waals surface area contributed by atoms with Crippen LogP contribution in [0.1, 0.15) is 36.1 Å². The Morgan fingerprint density at radius 2 is 1.90 bits per heavy atom. The van der Waals surface area contributed by atoms with Crippen molar-refractivity contribution in [3.63, 3.8) is 0 Å². The molecule has 106 valence electrons. The summed E-state index contributed by atoms with van der Waals surface area (Å²) in [5.74, 6) is 0.935. The van der Waals surface area contributed by atoms with Gasteiger partial charge in [0, 0.05) is 18.3 Å². The lowest BCUT2D eigenvalue weighted by molar-refractivity contribution is 0.708. The normalized spacial score (nSPS) is 13.9. The molecule has 0 bridgehead atoms. The predicted octanol–water partition coefficient (Wildman–Crippen LogP) is 3.39. The first-order valence-electron chi connectivity index (χ1n) is 7.37. The second-order valence-electron chi connectivity index (χ2n) is 5.37. The molecule has 3 rings (SSSR count). The smallest absolute Gasteiger partial charge is 0.139 e. The van der Waals surface area contributed by atoms with E-state index >= 15 is 0 Å². The van der Waals surface area contributed by atoms with E-state index in [4.69, 9.17) is 0 Å². The zero-order valence-corrected chi connectivity index (χ0v) is 12.2. The van der Waals surface area contributed by atoms with Crippen LogP contribution in [0.4, 0.5) is 11.5 Å². The molecule has 1 aromatic heterocycles. The SMILES string of the molecule is CN(c1ccccc1C#N)c1ncnc2c1CCCCC2. The van der Waals surface area contributed by atoms with Crippen molar-refractivity contribution in [2.24, 2.45) is 0 Å². The minimum Gasteiger partial charge on any atom is -0.328 e. The maximum Gasteiger partial charge on any atom is 0.139 e. The molecule has 0 unspecified atom stereocenters. The summed E-state index contributed by atoms with van der Waals surface area (Å²) < 4.78 is 0. The van der Waals surface area contributed by atoms with Crippen molar-refractivity contribution >= 4 is 11.5 Å². The summed E-state index contributed by atoms with van der Waals surface area (Å²) in [7, 11) is 1.98. The number of hydrogen-bond donors (Lipinski definition) is 0. The van der Waals surface area contributed by atoms with Crippen LogP contribution in [0.5, 0.6) is 0 Å². The molecule has 2 aromatic rings. The second-order valence-corrected chi connectivity index (χ2v) is 5.37. The Hall–Kier alpha value is -2.41. The van der Waals surface area contributed by atoms with Crippen LogP contribution in [-0.2, 0) is 12.8 Å². The van der Waals surface area contributed by atoms with Gasteiger partial charge in [-0.05, 0) is 37.8 Å². The van der Waals surface area contributed by atoms with Gasteiger partial charge in [-0.1, -0.05) is 18.6 Å². The van der Waals surface area contributed by atoms with Crippen molar-refractivity contribution in [1.29, 1.82) is 5.26 Å². The quantitative estimate of drug-likeness (QED) is 0.790. The van der Waals surface area contributed by atoms with Crippen molar-refractivity contribution in [2.75, 3.05) is 11.9 Å². The van der Waals surface area contributed by atoms with E-state index in [0.717, 1.165) is 24.3 Å². The molecule has 0 amide bonds. The number of nitrogens with zero attached hydrogens (tertiary/aromatic N) is 4. The fourth-order valence-corrected chi connectivity index (χ4v) is 2.94. The van der Waals surface area contributed by atoms with Crippen molar-refractivity contribution in [3.8, 4) is 6.07 Å². The molecule has 0 saturated heterocycles. The van der Waals surface area contributed by atoms with Crippen molar-refractivity contribution < 1.29 is 0 Å². The third-order valence-corrected chi connectivity index (χ3v) is 4.06. The highest BCUT2D eigenvalue weighted by Gasteiger charge is 2.19. The number of fused-ring (bicyclic) bond motifs is 1. The Morgan fingerprint density at radius 3 is 2.76 bits per heavy atom. The summed E-state index contributed by atoms with van der Waals surface area (Å²) in [6.07, 6.45) is 7.31. The molecular weight excluding hydrogens is 260 g/mol. The molecule has 1 aliphatic rings. The lowest BCUT2D eigenvalue weighted by atomic mass is 10.1. The van der Waals surface area contributed by atoms with Crippen molar-refractivity contribution in [1.82, 2.24) is 9.97 Å². The highest BCUT2D eigenvalue weighted by molar-refractivity contribution is 5.68. The van der Waals surface area contributed by atoms with Gasteiger partial charge in [-0.2, -0.15) is 5.26 Å². The summed E-state index contributed by atoms with van der Waals surface area (Å²) in [6, 6.07) is 9.89. The van der Waals surface area contributed by atoms with Gasteiger partial charge >= 0.3 is 0 Å². The van der Waals surface area contributed by atoms with Crippen LogP contribution in [0.2, 0.25) is 0 Å². The zero-order chi connectivity index (χ0) is 14.7. The van der Waals surface area contributed by atoms with E-state index in [1.54, 1.807) is 6.33 Å². The predicted molar refractivity (Wildman–Crippen MR) is 82.5 cm³/mol. The van der Waals surface area contributed by atoms with Crippen molar-refractivity contribution in [3.05, 3.63) is 47.4 Å². The summed E-state index contributed by atoms with van der Waals surface area (Å²) in [5, 5.41) is 9.29. The molecule has 0 atom stereocenters. The van der Waals surface area contributed by atoms with Gasteiger partial charge in [0.15, 0.2) is 0 Å². The highest BCUT2D eigenvalue weighted by atomic mass is 15.2. The van der Waals surface area contributed by atoms with Gasteiger partial charge in [0.25, 0.3) is 0 Å². The topological polar surface area (TPSA) is 52.8 Å². The van der Waals surface area contributed by atoms with Crippen molar-refractivity contribution in [2.45, 2.75) is 32.1 Å². The fourth-order valence-electron chi connectivity index (χ4n) is 2.94. The van der Waals surface area contributed by atoms with Crippen LogP contribution in [0, 0.1) is 11.3 Å². The third kappa shape index (κ3) is 2.59. The first-order valence-corrected chi connectivity index (χ1v) is 7.37. The average molecular weight is 278 g/mol. The molecule has 0 radical (unpaired) electrons. The van der Waals surface area contributed by atoms with Gasteiger partial charge in [0.2, 0.25) is 0 Å².